The minimum absolute atomic E-state index is 0.629. The van der Waals surface area contributed by atoms with Crippen molar-refractivity contribution in [2.75, 3.05) is 37.4 Å². The Labute approximate surface area is 110 Å². The quantitative estimate of drug-likeness (QED) is 0.836. The molecule has 1 aromatic carbocycles. The number of hydrogen-bond donors (Lipinski definition) is 1. The Balaban J connectivity index is 2.18. The molecule has 3 nitrogen and oxygen atoms in total. The average molecular weight is 248 g/mol. The molecule has 1 heterocycles. The Kier molecular flexibility index (Phi) is 4.12. The second kappa shape index (κ2) is 5.61. The van der Waals surface area contributed by atoms with Crippen LogP contribution in [0, 0.1) is 19.8 Å². The van der Waals surface area contributed by atoms with Crippen molar-refractivity contribution in [3.05, 3.63) is 23.3 Å². The maximum Gasteiger partial charge on any atom is 0.0602 e. The molecule has 1 saturated heterocycles. The molecule has 0 bridgehead atoms. The lowest BCUT2D eigenvalue weighted by atomic mass is 9.97. The van der Waals surface area contributed by atoms with Crippen LogP contribution in [0.4, 0.5) is 11.4 Å². The van der Waals surface area contributed by atoms with E-state index in [1.807, 2.05) is 0 Å². The van der Waals surface area contributed by atoms with Crippen molar-refractivity contribution in [2.45, 2.75) is 26.7 Å². The predicted octanol–water partition coefficient (Wildman–Crippen LogP) is 2.75. The van der Waals surface area contributed by atoms with Crippen LogP contribution in [0.25, 0.3) is 0 Å². The summed E-state index contributed by atoms with van der Waals surface area (Å²) in [6, 6.07) is 4.31. The summed E-state index contributed by atoms with van der Waals surface area (Å²) < 4.78 is 5.28. The third-order valence-electron chi connectivity index (χ3n) is 3.91. The number of aryl methyl sites for hydroxylation is 2. The topological polar surface area (TPSA) is 38.5 Å². The molecule has 3 heteroatoms. The molecular weight excluding hydrogens is 224 g/mol. The standard InChI is InChI=1S/C15H24N2O/c1-11-7-14(16)15(8-12(11)2)17-6-4-5-13(9-17)10-18-3/h7-8,13H,4-6,9-10,16H2,1-3H3. The molecule has 1 unspecified atom stereocenters. The lowest BCUT2D eigenvalue weighted by molar-refractivity contribution is 0.143. The van der Waals surface area contributed by atoms with Gasteiger partial charge >= 0.3 is 0 Å². The number of nitrogens with two attached hydrogens (primary N) is 1. The van der Waals surface area contributed by atoms with Crippen LogP contribution in [-0.2, 0) is 4.74 Å². The van der Waals surface area contributed by atoms with Crippen LogP contribution in [-0.4, -0.2) is 26.8 Å². The number of hydrogen-bond acceptors (Lipinski definition) is 3. The first-order valence-electron chi connectivity index (χ1n) is 6.72. The monoisotopic (exact) mass is 248 g/mol. The number of benzene rings is 1. The molecule has 0 radical (unpaired) electrons. The van der Waals surface area contributed by atoms with Gasteiger partial charge in [-0.25, -0.2) is 0 Å². The lowest BCUT2D eigenvalue weighted by Crippen LogP contribution is -2.37. The van der Waals surface area contributed by atoms with Gasteiger partial charge in [-0.3, -0.25) is 0 Å². The second-order valence-electron chi connectivity index (χ2n) is 5.40. The van der Waals surface area contributed by atoms with Crippen LogP contribution in [0.3, 0.4) is 0 Å². The smallest absolute Gasteiger partial charge is 0.0602 e. The molecule has 1 aliphatic rings. The van der Waals surface area contributed by atoms with Gasteiger partial charge in [0.05, 0.1) is 18.0 Å². The third-order valence-corrected chi connectivity index (χ3v) is 3.91. The summed E-state index contributed by atoms with van der Waals surface area (Å²) in [5, 5.41) is 0. The summed E-state index contributed by atoms with van der Waals surface area (Å²) in [6.07, 6.45) is 2.48. The van der Waals surface area contributed by atoms with E-state index in [2.05, 4.69) is 30.9 Å². The zero-order valence-electron chi connectivity index (χ0n) is 11.7. The highest BCUT2D eigenvalue weighted by molar-refractivity contribution is 5.70. The van der Waals surface area contributed by atoms with Gasteiger partial charge in [0.15, 0.2) is 0 Å². The SMILES string of the molecule is COCC1CCCN(c2cc(C)c(C)cc2N)C1. The first-order chi connectivity index (χ1) is 8.61. The van der Waals surface area contributed by atoms with Crippen molar-refractivity contribution in [3.8, 4) is 0 Å². The van der Waals surface area contributed by atoms with Gasteiger partial charge in [0.1, 0.15) is 0 Å². The number of nitrogen functional groups attached to an aromatic ring is 1. The molecule has 18 heavy (non-hydrogen) atoms. The summed E-state index contributed by atoms with van der Waals surface area (Å²) in [5.74, 6) is 0.629. The van der Waals surface area contributed by atoms with Crippen molar-refractivity contribution in [1.29, 1.82) is 0 Å². The van der Waals surface area contributed by atoms with E-state index in [0.29, 0.717) is 5.92 Å². The van der Waals surface area contributed by atoms with E-state index in [4.69, 9.17) is 10.5 Å². The van der Waals surface area contributed by atoms with Gasteiger partial charge in [-0.1, -0.05) is 0 Å². The molecule has 1 aliphatic heterocycles. The fourth-order valence-corrected chi connectivity index (χ4v) is 2.75. The normalized spacial score (nSPS) is 20.2. The highest BCUT2D eigenvalue weighted by Gasteiger charge is 2.21. The summed E-state index contributed by atoms with van der Waals surface area (Å²) in [5.41, 5.74) is 10.8. The molecule has 1 aromatic rings. The summed E-state index contributed by atoms with van der Waals surface area (Å²) in [7, 11) is 1.78. The maximum atomic E-state index is 6.17. The number of methoxy groups -OCH3 is 1. The first kappa shape index (κ1) is 13.2. The second-order valence-corrected chi connectivity index (χ2v) is 5.40. The highest BCUT2D eigenvalue weighted by Crippen LogP contribution is 2.30. The van der Waals surface area contributed by atoms with E-state index in [-0.39, 0.29) is 0 Å². The molecule has 0 aromatic heterocycles. The van der Waals surface area contributed by atoms with Gasteiger partial charge in [0.25, 0.3) is 0 Å². The van der Waals surface area contributed by atoms with Gasteiger partial charge in [-0.2, -0.15) is 0 Å². The molecule has 0 amide bonds. The maximum absolute atomic E-state index is 6.17. The van der Waals surface area contributed by atoms with Crippen molar-refractivity contribution in [3.63, 3.8) is 0 Å². The third kappa shape index (κ3) is 2.78. The van der Waals surface area contributed by atoms with Gasteiger partial charge in [-0.05, 0) is 55.9 Å². The van der Waals surface area contributed by atoms with E-state index in [1.165, 1.54) is 29.7 Å². The molecule has 0 spiro atoms. The van der Waals surface area contributed by atoms with E-state index in [9.17, 15) is 0 Å². The summed E-state index contributed by atoms with van der Waals surface area (Å²) in [6.45, 7) is 7.27. The lowest BCUT2D eigenvalue weighted by Gasteiger charge is -2.35. The molecular formula is C15H24N2O. The van der Waals surface area contributed by atoms with Crippen LogP contribution < -0.4 is 10.6 Å². The van der Waals surface area contributed by atoms with Crippen molar-refractivity contribution >= 4 is 11.4 Å². The van der Waals surface area contributed by atoms with Crippen LogP contribution in [0.1, 0.15) is 24.0 Å². The highest BCUT2D eigenvalue weighted by atomic mass is 16.5. The van der Waals surface area contributed by atoms with E-state index < -0.39 is 0 Å². The van der Waals surface area contributed by atoms with E-state index in [1.54, 1.807) is 7.11 Å². The Bertz CT molecular complexity index is 415. The fraction of sp³-hybridized carbons (Fsp3) is 0.600. The van der Waals surface area contributed by atoms with Crippen LogP contribution >= 0.6 is 0 Å². The summed E-state index contributed by atoms with van der Waals surface area (Å²) in [4.78, 5) is 2.41. The Morgan fingerprint density at radius 3 is 2.78 bits per heavy atom. The molecule has 1 atom stereocenters. The Hall–Kier alpha value is -1.22. The summed E-state index contributed by atoms with van der Waals surface area (Å²) >= 11 is 0. The van der Waals surface area contributed by atoms with Gasteiger partial charge in [0, 0.05) is 20.2 Å². The number of ether oxygens (including phenoxy) is 1. The van der Waals surface area contributed by atoms with Crippen LogP contribution in [0.5, 0.6) is 0 Å². The molecule has 2 rings (SSSR count). The van der Waals surface area contributed by atoms with E-state index in [0.717, 1.165) is 25.4 Å². The van der Waals surface area contributed by atoms with Gasteiger partial charge in [-0.15, -0.1) is 0 Å². The minimum Gasteiger partial charge on any atom is -0.397 e. The molecule has 0 aliphatic carbocycles. The van der Waals surface area contributed by atoms with Crippen LogP contribution in [0.2, 0.25) is 0 Å². The molecule has 0 saturated carbocycles. The number of anilines is 2. The predicted molar refractivity (Wildman–Crippen MR) is 77.1 cm³/mol. The van der Waals surface area contributed by atoms with Gasteiger partial charge < -0.3 is 15.4 Å². The van der Waals surface area contributed by atoms with Gasteiger partial charge in [0.2, 0.25) is 0 Å². The Morgan fingerprint density at radius 2 is 2.06 bits per heavy atom. The number of rotatable bonds is 3. The largest absolute Gasteiger partial charge is 0.397 e. The van der Waals surface area contributed by atoms with Crippen LogP contribution in [0.15, 0.2) is 12.1 Å². The Morgan fingerprint density at radius 1 is 1.33 bits per heavy atom. The zero-order chi connectivity index (χ0) is 13.1. The van der Waals surface area contributed by atoms with Crippen molar-refractivity contribution < 1.29 is 4.74 Å². The average Bonchev–Trinajstić information content (AvgIpc) is 2.34. The van der Waals surface area contributed by atoms with Crippen molar-refractivity contribution in [2.24, 2.45) is 5.92 Å². The minimum atomic E-state index is 0.629. The zero-order valence-corrected chi connectivity index (χ0v) is 11.7. The first-order valence-corrected chi connectivity index (χ1v) is 6.72. The number of piperidine rings is 1. The molecule has 100 valence electrons. The molecule has 1 fully saturated rings. The van der Waals surface area contributed by atoms with Crippen molar-refractivity contribution in [1.82, 2.24) is 0 Å². The number of nitrogens with zero attached hydrogens (tertiary/aromatic N) is 1. The molecule has 2 N–H and O–H groups in total. The fourth-order valence-electron chi connectivity index (χ4n) is 2.75. The van der Waals surface area contributed by atoms with E-state index >= 15 is 0 Å².